The average molecular weight is 962 g/mol. The molecule has 0 aromatic carbocycles. The van der Waals surface area contributed by atoms with Gasteiger partial charge in [-0.05, 0) is 19.3 Å². The van der Waals surface area contributed by atoms with Crippen LogP contribution in [0, 0.1) is 0 Å². The van der Waals surface area contributed by atoms with E-state index in [1.807, 2.05) is 0 Å². The molecule has 6 heteroatoms. The minimum atomic E-state index is -0.760. The highest BCUT2D eigenvalue weighted by molar-refractivity contribution is 5.71. The van der Waals surface area contributed by atoms with Crippen LogP contribution in [-0.2, 0) is 28.6 Å². The third-order valence-corrected chi connectivity index (χ3v) is 14.4. The van der Waals surface area contributed by atoms with E-state index in [1.54, 1.807) is 0 Å². The van der Waals surface area contributed by atoms with Crippen molar-refractivity contribution in [3.63, 3.8) is 0 Å². The minimum Gasteiger partial charge on any atom is -0.462 e. The molecule has 0 aromatic rings. The number of hydrogen-bond donors (Lipinski definition) is 0. The maximum absolute atomic E-state index is 12.8. The molecule has 68 heavy (non-hydrogen) atoms. The lowest BCUT2D eigenvalue weighted by Crippen LogP contribution is -2.30. The fourth-order valence-corrected chi connectivity index (χ4v) is 9.68. The predicted molar refractivity (Wildman–Crippen MR) is 294 cm³/mol. The van der Waals surface area contributed by atoms with Crippen molar-refractivity contribution >= 4 is 17.9 Å². The molecule has 404 valence electrons. The van der Waals surface area contributed by atoms with Gasteiger partial charge in [0.2, 0.25) is 0 Å². The number of rotatable bonds is 58. The van der Waals surface area contributed by atoms with E-state index in [-0.39, 0.29) is 31.1 Å². The largest absolute Gasteiger partial charge is 0.462 e. The molecule has 0 aromatic heterocycles. The van der Waals surface area contributed by atoms with E-state index in [4.69, 9.17) is 14.2 Å². The van der Waals surface area contributed by atoms with Crippen LogP contribution < -0.4 is 0 Å². The Bertz CT molecular complexity index is 1010. The molecule has 1 unspecified atom stereocenters. The zero-order valence-corrected chi connectivity index (χ0v) is 46.4. The van der Waals surface area contributed by atoms with E-state index in [0.29, 0.717) is 19.3 Å². The van der Waals surface area contributed by atoms with Gasteiger partial charge in [0, 0.05) is 19.3 Å². The van der Waals surface area contributed by atoms with Gasteiger partial charge in [-0.25, -0.2) is 0 Å². The number of ether oxygens (including phenoxy) is 3. The SMILES string of the molecule is CCCCCCCCCCCCCCCCCCCCCCCCCCCCCCCC(=O)OCC(COC(=O)CCCCCCCCCCCC)OC(=O)CCCCCCCCCCCCC. The van der Waals surface area contributed by atoms with E-state index in [1.165, 1.54) is 263 Å². The van der Waals surface area contributed by atoms with Gasteiger partial charge in [-0.1, -0.05) is 323 Å². The van der Waals surface area contributed by atoms with Crippen molar-refractivity contribution in [2.24, 2.45) is 0 Å². The first-order valence-corrected chi connectivity index (χ1v) is 31.0. The Morgan fingerprint density at radius 1 is 0.235 bits per heavy atom. The zero-order valence-electron chi connectivity index (χ0n) is 46.4. The monoisotopic (exact) mass is 961 g/mol. The molecule has 0 bridgehead atoms. The van der Waals surface area contributed by atoms with Crippen molar-refractivity contribution in [1.29, 1.82) is 0 Å². The quantitative estimate of drug-likeness (QED) is 0.0343. The molecule has 0 heterocycles. The van der Waals surface area contributed by atoms with Crippen molar-refractivity contribution in [3.8, 4) is 0 Å². The van der Waals surface area contributed by atoms with Gasteiger partial charge in [0.15, 0.2) is 6.10 Å². The molecule has 0 fully saturated rings. The van der Waals surface area contributed by atoms with Gasteiger partial charge < -0.3 is 14.2 Å². The molecular weight excluding hydrogens is 841 g/mol. The lowest BCUT2D eigenvalue weighted by Gasteiger charge is -2.18. The highest BCUT2D eigenvalue weighted by Gasteiger charge is 2.19. The van der Waals surface area contributed by atoms with Crippen LogP contribution in [0.2, 0.25) is 0 Å². The number of esters is 3. The van der Waals surface area contributed by atoms with Crippen molar-refractivity contribution in [3.05, 3.63) is 0 Å². The maximum Gasteiger partial charge on any atom is 0.306 e. The summed E-state index contributed by atoms with van der Waals surface area (Å²) in [4.78, 5) is 38.0. The number of carbonyl (C=O) groups excluding carboxylic acids is 3. The van der Waals surface area contributed by atoms with Crippen LogP contribution in [0.15, 0.2) is 0 Å². The molecule has 0 saturated heterocycles. The Labute approximate surface area is 425 Å². The molecule has 0 rings (SSSR count). The summed E-state index contributed by atoms with van der Waals surface area (Å²) in [6.07, 6.45) is 65.6. The third kappa shape index (κ3) is 55.3. The van der Waals surface area contributed by atoms with Crippen molar-refractivity contribution in [1.82, 2.24) is 0 Å². The van der Waals surface area contributed by atoms with Crippen LogP contribution in [-0.4, -0.2) is 37.2 Å². The summed E-state index contributed by atoms with van der Waals surface area (Å²) in [7, 11) is 0. The van der Waals surface area contributed by atoms with Crippen LogP contribution in [0.4, 0.5) is 0 Å². The molecule has 0 spiro atoms. The molecule has 6 nitrogen and oxygen atoms in total. The molecule has 1 atom stereocenters. The Balaban J connectivity index is 3.99. The van der Waals surface area contributed by atoms with Crippen molar-refractivity contribution in [2.75, 3.05) is 13.2 Å². The Morgan fingerprint density at radius 3 is 0.588 bits per heavy atom. The second kappa shape index (κ2) is 58.0. The zero-order chi connectivity index (χ0) is 49.3. The summed E-state index contributed by atoms with van der Waals surface area (Å²) >= 11 is 0. The molecular formula is C62H120O6. The normalized spacial score (nSPS) is 11.9. The first kappa shape index (κ1) is 66.4. The molecule has 0 saturated carbocycles. The Hall–Kier alpha value is -1.59. The lowest BCUT2D eigenvalue weighted by atomic mass is 10.0. The van der Waals surface area contributed by atoms with Crippen LogP contribution >= 0.6 is 0 Å². The lowest BCUT2D eigenvalue weighted by molar-refractivity contribution is -0.167. The molecule has 0 N–H and O–H groups in total. The summed E-state index contributed by atoms with van der Waals surface area (Å²) < 4.78 is 16.8. The van der Waals surface area contributed by atoms with Gasteiger partial charge in [0.1, 0.15) is 13.2 Å². The minimum absolute atomic E-state index is 0.0616. The number of hydrogen-bond acceptors (Lipinski definition) is 6. The third-order valence-electron chi connectivity index (χ3n) is 14.4. The van der Waals surface area contributed by atoms with E-state index in [9.17, 15) is 14.4 Å². The van der Waals surface area contributed by atoms with Gasteiger partial charge in [0.25, 0.3) is 0 Å². The first-order valence-electron chi connectivity index (χ1n) is 31.0. The summed E-state index contributed by atoms with van der Waals surface area (Å²) in [5.74, 6) is -0.838. The predicted octanol–water partition coefficient (Wildman–Crippen LogP) is 20.7. The highest BCUT2D eigenvalue weighted by atomic mass is 16.6. The smallest absolute Gasteiger partial charge is 0.306 e. The summed E-state index contributed by atoms with van der Waals surface area (Å²) in [6, 6.07) is 0. The Kier molecular flexibility index (Phi) is 56.6. The van der Waals surface area contributed by atoms with Crippen LogP contribution in [0.1, 0.15) is 361 Å². The molecule has 0 aliphatic heterocycles. The second-order valence-electron chi connectivity index (χ2n) is 21.3. The van der Waals surface area contributed by atoms with Crippen LogP contribution in [0.25, 0.3) is 0 Å². The van der Waals surface area contributed by atoms with E-state index < -0.39 is 6.10 Å². The second-order valence-corrected chi connectivity index (χ2v) is 21.3. The van der Waals surface area contributed by atoms with Gasteiger partial charge in [-0.2, -0.15) is 0 Å². The van der Waals surface area contributed by atoms with E-state index >= 15 is 0 Å². The number of unbranched alkanes of at least 4 members (excludes halogenated alkanes) is 47. The Morgan fingerprint density at radius 2 is 0.397 bits per heavy atom. The van der Waals surface area contributed by atoms with Crippen molar-refractivity contribution < 1.29 is 28.6 Å². The topological polar surface area (TPSA) is 78.9 Å². The van der Waals surface area contributed by atoms with Gasteiger partial charge in [0.05, 0.1) is 0 Å². The first-order chi connectivity index (χ1) is 33.5. The highest BCUT2D eigenvalue weighted by Crippen LogP contribution is 2.18. The fraction of sp³-hybridized carbons (Fsp3) is 0.952. The maximum atomic E-state index is 12.8. The summed E-state index contributed by atoms with van der Waals surface area (Å²) in [5.41, 5.74) is 0. The number of carbonyl (C=O) groups is 3. The van der Waals surface area contributed by atoms with Gasteiger partial charge in [-0.15, -0.1) is 0 Å². The summed E-state index contributed by atoms with van der Waals surface area (Å²) in [6.45, 7) is 6.68. The fourth-order valence-electron chi connectivity index (χ4n) is 9.68. The average Bonchev–Trinajstić information content (AvgIpc) is 3.34. The van der Waals surface area contributed by atoms with E-state index in [2.05, 4.69) is 20.8 Å². The standard InChI is InChI=1S/C62H120O6/c1-4-7-10-13-16-19-22-23-24-25-26-27-28-29-30-31-32-33-34-35-36-37-38-39-41-43-46-49-52-55-61(64)67-58-59(57-66-60(63)54-51-48-45-42-21-18-15-12-9-6-3)68-62(65)56-53-50-47-44-40-20-17-14-11-8-5-2/h59H,4-58H2,1-3H3. The van der Waals surface area contributed by atoms with Crippen LogP contribution in [0.3, 0.4) is 0 Å². The van der Waals surface area contributed by atoms with E-state index in [0.717, 1.165) is 57.8 Å². The molecule has 0 amide bonds. The molecule has 0 radical (unpaired) electrons. The summed E-state index contributed by atoms with van der Waals surface area (Å²) in [5, 5.41) is 0. The molecule has 0 aliphatic rings. The van der Waals surface area contributed by atoms with Crippen LogP contribution in [0.5, 0.6) is 0 Å². The van der Waals surface area contributed by atoms with Crippen molar-refractivity contribution in [2.45, 2.75) is 367 Å². The van der Waals surface area contributed by atoms with Gasteiger partial charge >= 0.3 is 17.9 Å². The van der Waals surface area contributed by atoms with Gasteiger partial charge in [-0.3, -0.25) is 14.4 Å². The molecule has 0 aliphatic carbocycles.